The van der Waals surface area contributed by atoms with E-state index in [1.54, 1.807) is 30.3 Å². The molecule has 6 aromatic rings. The summed E-state index contributed by atoms with van der Waals surface area (Å²) in [5.41, 5.74) is 1.87. The van der Waals surface area contributed by atoms with Crippen LogP contribution in [0.1, 0.15) is 54.1 Å². The van der Waals surface area contributed by atoms with Crippen LogP contribution in [-0.4, -0.2) is 103 Å². The summed E-state index contributed by atoms with van der Waals surface area (Å²) in [5, 5.41) is 16.5. The molecule has 400 valence electrons. The number of carbonyl (C=O) groups excluding carboxylic acids is 2. The summed E-state index contributed by atoms with van der Waals surface area (Å²) in [6.45, 7) is 8.08. The van der Waals surface area contributed by atoms with E-state index < -0.39 is 95.8 Å². The Labute approximate surface area is 463 Å². The number of amides is 1. The van der Waals surface area contributed by atoms with E-state index in [1.165, 1.54) is 11.8 Å². The van der Waals surface area contributed by atoms with Crippen LogP contribution in [0.15, 0.2) is 181 Å². The minimum absolute atomic E-state index is 0.0215. The van der Waals surface area contributed by atoms with Gasteiger partial charge in [-0.15, -0.1) is 0 Å². The van der Waals surface area contributed by atoms with Gasteiger partial charge in [0.15, 0.2) is 18.7 Å². The fourth-order valence-corrected chi connectivity index (χ4v) is 15.0. The second-order valence-electron chi connectivity index (χ2n) is 19.8. The summed E-state index contributed by atoms with van der Waals surface area (Å²) in [5.74, 6) is -1.71. The number of rotatable bonds is 17. The van der Waals surface area contributed by atoms with Gasteiger partial charge in [-0.2, -0.15) is 0 Å². The number of nitrogens with one attached hydrogen (secondary N) is 1. The summed E-state index contributed by atoms with van der Waals surface area (Å²) in [6.07, 6.45) is -10.8. The Morgan fingerprint density at radius 2 is 1.30 bits per heavy atom. The number of alkyl halides is 3. The molecule has 0 aromatic heterocycles. The van der Waals surface area contributed by atoms with Gasteiger partial charge in [-0.25, -0.2) is 9.68 Å². The highest BCUT2D eigenvalue weighted by Gasteiger charge is 2.57. The molecule has 9 rings (SSSR count). The van der Waals surface area contributed by atoms with E-state index in [4.69, 9.17) is 77.4 Å². The Morgan fingerprint density at radius 3 is 1.89 bits per heavy atom. The number of hydrogen-bond acceptors (Lipinski definition) is 13. The van der Waals surface area contributed by atoms with Gasteiger partial charge in [0.2, 0.25) is 0 Å². The number of halogens is 3. The predicted octanol–water partition coefficient (Wildman–Crippen LogP) is 9.57. The maximum Gasteiger partial charge on any atom is 0.338 e. The molecule has 18 heteroatoms. The van der Waals surface area contributed by atoms with Crippen LogP contribution in [0.3, 0.4) is 0 Å². The van der Waals surface area contributed by atoms with Gasteiger partial charge in [0.25, 0.3) is 9.70 Å². The third-order valence-corrected chi connectivity index (χ3v) is 20.0. The summed E-state index contributed by atoms with van der Waals surface area (Å²) in [6, 6.07) is 53.8. The number of thioether (sulfide) groups is 1. The largest absolute Gasteiger partial charge is 0.452 e. The SMILES string of the molecule is Cc1ccc(S[C@@H]2O[C@H](COO[Si](c3ccccc3)(c3ccccc3)C(C)(C)C)[C@@H](O[C@@H]3O[C@@H]4COC(c5ccccc5)O[C@@H]4[C@H](O)[C@H]3NC(=O)C(Cl)(Cl)Cl)[C@H](OCc3ccccc3)[C@H]2OC(=O)c2ccccc2)cc1. The first-order valence-electron chi connectivity index (χ1n) is 25.0. The molecule has 11 atom stereocenters. The summed E-state index contributed by atoms with van der Waals surface area (Å²) < 4.78 is 51.7. The molecule has 76 heavy (non-hydrogen) atoms. The molecule has 2 N–H and O–H groups in total. The summed E-state index contributed by atoms with van der Waals surface area (Å²) in [7, 11) is -3.33. The van der Waals surface area contributed by atoms with E-state index in [1.807, 2.05) is 128 Å². The van der Waals surface area contributed by atoms with Gasteiger partial charge in [-0.3, -0.25) is 9.37 Å². The van der Waals surface area contributed by atoms with E-state index in [9.17, 15) is 14.7 Å². The fourth-order valence-electron chi connectivity index (χ4n) is 9.69. The number of benzene rings is 6. The maximum atomic E-state index is 14.4. The average molecular weight is 1130 g/mol. The van der Waals surface area contributed by atoms with Crippen molar-refractivity contribution >= 4 is 77.1 Å². The van der Waals surface area contributed by atoms with Crippen molar-refractivity contribution in [1.29, 1.82) is 0 Å². The number of aliphatic hydroxyl groups excluding tert-OH is 1. The van der Waals surface area contributed by atoms with E-state index in [-0.39, 0.29) is 25.4 Å². The molecule has 0 bridgehead atoms. The molecule has 3 saturated heterocycles. The van der Waals surface area contributed by atoms with Gasteiger partial charge in [0.05, 0.1) is 18.8 Å². The van der Waals surface area contributed by atoms with Gasteiger partial charge in [0, 0.05) is 10.5 Å². The zero-order valence-electron chi connectivity index (χ0n) is 42.2. The Balaban J connectivity index is 1.14. The minimum atomic E-state index is -3.33. The molecular formula is C58H60Cl3NO12SSi. The second-order valence-corrected chi connectivity index (χ2v) is 27.4. The molecule has 0 saturated carbocycles. The van der Waals surface area contributed by atoms with Crippen molar-refractivity contribution in [2.24, 2.45) is 0 Å². The number of hydrogen-bond donors (Lipinski definition) is 2. The number of ether oxygens (including phenoxy) is 7. The van der Waals surface area contributed by atoms with Gasteiger partial charge in [-0.05, 0) is 52.2 Å². The van der Waals surface area contributed by atoms with Crippen LogP contribution < -0.4 is 15.7 Å². The number of aliphatic hydroxyl groups is 1. The lowest BCUT2D eigenvalue weighted by Gasteiger charge is -2.51. The first kappa shape index (κ1) is 56.1. The van der Waals surface area contributed by atoms with Crippen LogP contribution >= 0.6 is 46.6 Å². The normalized spacial score (nSPS) is 26.0. The fraction of sp³-hybridized carbons (Fsp3) is 0.345. The third-order valence-electron chi connectivity index (χ3n) is 13.5. The lowest BCUT2D eigenvalue weighted by molar-refractivity contribution is -0.365. The van der Waals surface area contributed by atoms with Crippen LogP contribution in [0.4, 0.5) is 0 Å². The topological polar surface area (TPSA) is 149 Å². The molecule has 1 unspecified atom stereocenters. The van der Waals surface area contributed by atoms with Crippen molar-refractivity contribution in [3.8, 4) is 0 Å². The highest BCUT2D eigenvalue weighted by atomic mass is 35.6. The van der Waals surface area contributed by atoms with E-state index >= 15 is 0 Å². The zero-order chi connectivity index (χ0) is 53.5. The summed E-state index contributed by atoms with van der Waals surface area (Å²) >= 11 is 19.9. The van der Waals surface area contributed by atoms with Gasteiger partial charge in [0.1, 0.15) is 54.7 Å². The van der Waals surface area contributed by atoms with E-state index in [0.717, 1.165) is 26.4 Å². The Bertz CT molecular complexity index is 2760. The molecule has 6 aromatic carbocycles. The lowest BCUT2D eigenvalue weighted by atomic mass is 9.94. The molecule has 3 aliphatic rings. The zero-order valence-corrected chi connectivity index (χ0v) is 46.3. The number of carbonyl (C=O) groups is 2. The number of esters is 1. The number of aryl methyl sites for hydroxylation is 1. The molecule has 3 heterocycles. The average Bonchev–Trinajstić information content (AvgIpc) is 3.45. The highest BCUT2D eigenvalue weighted by molar-refractivity contribution is 7.99. The lowest BCUT2D eigenvalue weighted by Crippen LogP contribution is -2.70. The molecule has 3 fully saturated rings. The molecule has 0 radical (unpaired) electrons. The van der Waals surface area contributed by atoms with Crippen LogP contribution in [-0.2, 0) is 54.0 Å². The van der Waals surface area contributed by atoms with Crippen LogP contribution in [0.5, 0.6) is 0 Å². The van der Waals surface area contributed by atoms with E-state index in [2.05, 4.69) is 50.4 Å². The van der Waals surface area contributed by atoms with Gasteiger partial charge >= 0.3 is 14.3 Å². The van der Waals surface area contributed by atoms with Crippen molar-refractivity contribution in [3.05, 3.63) is 198 Å². The van der Waals surface area contributed by atoms with Crippen LogP contribution in [0.2, 0.25) is 5.04 Å². The Kier molecular flexibility index (Phi) is 18.4. The molecule has 1 amide bonds. The van der Waals surface area contributed by atoms with E-state index in [0.29, 0.717) is 5.56 Å². The van der Waals surface area contributed by atoms with Crippen molar-refractivity contribution < 1.29 is 57.3 Å². The van der Waals surface area contributed by atoms with Crippen LogP contribution in [0, 0.1) is 6.92 Å². The standard InChI is InChI=1S/C58H60Cl3NO12SSi/c1-37-30-32-41(33-31-37)75-55-51(71-52(64)39-22-12-6-13-23-39)50(66-34-38-20-10-5-11-21-38)49(45(70-55)36-68-74-76(57(2,3)4,42-26-16-8-17-27-42)43-28-18-9-19-29-43)73-54-46(62-56(65)58(59,60)61)47(63)48-44(69-54)35-67-53(72-48)40-24-14-7-15-25-40/h5-33,44-51,53-55,63H,34-36H2,1-4H3,(H,62,65)/t44-,45-,46-,47-,48+,49-,50+,51-,53?,54+,55+/m1/s1. The van der Waals surface area contributed by atoms with Gasteiger partial charge < -0.3 is 43.6 Å². The smallest absolute Gasteiger partial charge is 0.338 e. The third kappa shape index (κ3) is 13.1. The van der Waals surface area contributed by atoms with Crippen molar-refractivity contribution in [2.75, 3.05) is 13.2 Å². The molecule has 0 aliphatic carbocycles. The van der Waals surface area contributed by atoms with Gasteiger partial charge in [-0.1, -0.05) is 225 Å². The first-order chi connectivity index (χ1) is 36.6. The summed E-state index contributed by atoms with van der Waals surface area (Å²) in [4.78, 5) is 35.6. The predicted molar refractivity (Wildman–Crippen MR) is 293 cm³/mol. The Morgan fingerprint density at radius 1 is 0.724 bits per heavy atom. The number of fused-ring (bicyclic) bond motifs is 1. The monoisotopic (exact) mass is 1130 g/mol. The maximum absolute atomic E-state index is 14.4. The van der Waals surface area contributed by atoms with Crippen LogP contribution in [0.25, 0.3) is 0 Å². The van der Waals surface area contributed by atoms with Crippen molar-refractivity contribution in [2.45, 2.75) is 115 Å². The Hall–Kier alpha value is -4.66. The van der Waals surface area contributed by atoms with Crippen molar-refractivity contribution in [3.63, 3.8) is 0 Å². The molecule has 13 nitrogen and oxygen atoms in total. The minimum Gasteiger partial charge on any atom is -0.452 e. The van der Waals surface area contributed by atoms with Crippen molar-refractivity contribution in [1.82, 2.24) is 5.32 Å². The molecule has 0 spiro atoms. The quantitative estimate of drug-likeness (QED) is 0.0294. The second kappa shape index (κ2) is 25.0. The highest BCUT2D eigenvalue weighted by Crippen LogP contribution is 2.42. The first-order valence-corrected chi connectivity index (χ1v) is 28.9. The molecule has 3 aliphatic heterocycles. The molecular weight excluding hydrogens is 1070 g/mol.